The maximum Gasteiger partial charge on any atom is 0.407 e. The minimum absolute atomic E-state index is 0.00875. The van der Waals surface area contributed by atoms with Crippen molar-refractivity contribution in [2.75, 3.05) is 20.2 Å². The first-order valence-corrected chi connectivity index (χ1v) is 10.5. The molecular weight excluding hydrogens is 380 g/mol. The highest BCUT2D eigenvalue weighted by atomic mass is 16.5. The summed E-state index contributed by atoms with van der Waals surface area (Å²) in [5.74, 6) is 2.41. The van der Waals surface area contributed by atoms with Crippen LogP contribution in [-0.2, 0) is 14.9 Å². The van der Waals surface area contributed by atoms with Gasteiger partial charge in [0, 0.05) is 30.5 Å². The molecule has 6 heteroatoms. The third-order valence-corrected chi connectivity index (χ3v) is 6.84. The molecule has 1 N–H and O–H groups in total. The summed E-state index contributed by atoms with van der Waals surface area (Å²) in [4.78, 5) is 26.3. The molecule has 2 aliphatic carbocycles. The lowest BCUT2D eigenvalue weighted by Crippen LogP contribution is -2.50. The molecule has 2 amide bonds. The predicted molar refractivity (Wildman–Crippen MR) is 111 cm³/mol. The second-order valence-corrected chi connectivity index (χ2v) is 8.72. The van der Waals surface area contributed by atoms with E-state index in [-0.39, 0.29) is 23.3 Å². The average molecular weight is 406 g/mol. The number of alkyl carbamates (subject to hydrolysis) is 1. The summed E-state index contributed by atoms with van der Waals surface area (Å²) in [6.07, 6.45) is 2.10. The SMILES string of the molecule is COC(=O)NC1CC(C(=O)N2CC3CC3(c3cccc(Oc4ccccc4)c3)C2)C1. The van der Waals surface area contributed by atoms with Crippen LogP contribution in [0.5, 0.6) is 11.5 Å². The van der Waals surface area contributed by atoms with Crippen LogP contribution in [-0.4, -0.2) is 43.1 Å². The molecule has 1 saturated heterocycles. The van der Waals surface area contributed by atoms with Gasteiger partial charge in [-0.15, -0.1) is 0 Å². The smallest absolute Gasteiger partial charge is 0.407 e. The Labute approximate surface area is 176 Å². The van der Waals surface area contributed by atoms with E-state index >= 15 is 0 Å². The number of ether oxygens (including phenoxy) is 2. The third-order valence-electron chi connectivity index (χ3n) is 6.84. The molecule has 30 heavy (non-hydrogen) atoms. The number of fused-ring (bicyclic) bond motifs is 1. The van der Waals surface area contributed by atoms with E-state index in [9.17, 15) is 9.59 Å². The Balaban J connectivity index is 1.21. The lowest BCUT2D eigenvalue weighted by atomic mass is 9.79. The van der Waals surface area contributed by atoms with Gasteiger partial charge in [0.1, 0.15) is 11.5 Å². The van der Waals surface area contributed by atoms with Crippen LogP contribution in [0.1, 0.15) is 24.8 Å². The molecule has 1 heterocycles. The summed E-state index contributed by atoms with van der Waals surface area (Å²) in [7, 11) is 1.35. The number of carbonyl (C=O) groups is 2. The number of methoxy groups -OCH3 is 1. The Morgan fingerprint density at radius 2 is 1.83 bits per heavy atom. The van der Waals surface area contributed by atoms with E-state index in [4.69, 9.17) is 4.74 Å². The highest BCUT2D eigenvalue weighted by molar-refractivity contribution is 5.81. The zero-order valence-electron chi connectivity index (χ0n) is 17.0. The normalized spacial score (nSPS) is 28.8. The zero-order valence-corrected chi connectivity index (χ0v) is 17.0. The summed E-state index contributed by atoms with van der Waals surface area (Å²) in [6, 6.07) is 18.1. The molecule has 0 bridgehead atoms. The Morgan fingerprint density at radius 1 is 1.07 bits per heavy atom. The average Bonchev–Trinajstić information content (AvgIpc) is 3.31. The number of nitrogens with zero attached hydrogens (tertiary/aromatic N) is 1. The summed E-state index contributed by atoms with van der Waals surface area (Å²) < 4.78 is 10.6. The topological polar surface area (TPSA) is 67.9 Å². The van der Waals surface area contributed by atoms with Crippen LogP contribution in [0.2, 0.25) is 0 Å². The van der Waals surface area contributed by atoms with Crippen LogP contribution in [0.15, 0.2) is 54.6 Å². The quantitative estimate of drug-likeness (QED) is 0.822. The van der Waals surface area contributed by atoms with Gasteiger partial charge in [-0.3, -0.25) is 4.79 Å². The number of piperidine rings is 1. The van der Waals surface area contributed by atoms with Crippen LogP contribution in [0.4, 0.5) is 4.79 Å². The number of rotatable bonds is 5. The van der Waals surface area contributed by atoms with Gasteiger partial charge >= 0.3 is 6.09 Å². The molecule has 2 aromatic rings. The fraction of sp³-hybridized carbons (Fsp3) is 0.417. The van der Waals surface area contributed by atoms with Gasteiger partial charge in [-0.2, -0.15) is 0 Å². The molecule has 0 radical (unpaired) electrons. The number of para-hydroxylation sites is 1. The fourth-order valence-electron chi connectivity index (χ4n) is 5.01. The lowest BCUT2D eigenvalue weighted by molar-refractivity contribution is -0.138. The van der Waals surface area contributed by atoms with Crippen molar-refractivity contribution in [1.82, 2.24) is 10.2 Å². The van der Waals surface area contributed by atoms with Gasteiger partial charge in [0.05, 0.1) is 7.11 Å². The first-order chi connectivity index (χ1) is 14.6. The predicted octanol–water partition coefficient (Wildman–Crippen LogP) is 3.71. The van der Waals surface area contributed by atoms with Gasteiger partial charge in [0.2, 0.25) is 5.91 Å². The van der Waals surface area contributed by atoms with E-state index in [1.165, 1.54) is 12.7 Å². The van der Waals surface area contributed by atoms with E-state index in [0.29, 0.717) is 18.8 Å². The Morgan fingerprint density at radius 3 is 2.60 bits per heavy atom. The maximum atomic E-state index is 12.9. The monoisotopic (exact) mass is 406 g/mol. The number of benzene rings is 2. The highest BCUT2D eigenvalue weighted by Crippen LogP contribution is 2.59. The van der Waals surface area contributed by atoms with E-state index in [2.05, 4.69) is 22.2 Å². The first-order valence-electron chi connectivity index (χ1n) is 10.5. The molecule has 0 spiro atoms. The Bertz CT molecular complexity index is 957. The van der Waals surface area contributed by atoms with Crippen LogP contribution in [0.25, 0.3) is 0 Å². The van der Waals surface area contributed by atoms with Crippen LogP contribution < -0.4 is 10.1 Å². The summed E-state index contributed by atoms with van der Waals surface area (Å²) in [5, 5.41) is 2.77. The number of carbonyl (C=O) groups excluding carboxylic acids is 2. The molecule has 3 aliphatic rings. The van der Waals surface area contributed by atoms with E-state index in [1.54, 1.807) is 0 Å². The van der Waals surface area contributed by atoms with Gasteiger partial charge in [0.25, 0.3) is 0 Å². The van der Waals surface area contributed by atoms with Crippen molar-refractivity contribution >= 4 is 12.0 Å². The highest BCUT2D eigenvalue weighted by Gasteiger charge is 2.62. The molecule has 5 rings (SSSR count). The first kappa shape index (κ1) is 19.0. The fourth-order valence-corrected chi connectivity index (χ4v) is 5.01. The van der Waals surface area contributed by atoms with Crippen molar-refractivity contribution in [3.63, 3.8) is 0 Å². The maximum absolute atomic E-state index is 12.9. The number of hydrogen-bond donors (Lipinski definition) is 1. The van der Waals surface area contributed by atoms with Crippen molar-refractivity contribution in [3.8, 4) is 11.5 Å². The van der Waals surface area contributed by atoms with Gasteiger partial charge in [-0.25, -0.2) is 4.79 Å². The molecule has 3 fully saturated rings. The van der Waals surface area contributed by atoms with E-state index < -0.39 is 6.09 Å². The lowest BCUT2D eigenvalue weighted by Gasteiger charge is -2.37. The number of amides is 2. The molecule has 6 nitrogen and oxygen atoms in total. The minimum atomic E-state index is -0.426. The number of likely N-dealkylation sites (tertiary alicyclic amines) is 1. The minimum Gasteiger partial charge on any atom is -0.457 e. The summed E-state index contributed by atoms with van der Waals surface area (Å²) in [6.45, 7) is 1.60. The largest absolute Gasteiger partial charge is 0.457 e. The Kier molecular flexibility index (Phi) is 4.65. The van der Waals surface area contributed by atoms with Crippen molar-refractivity contribution in [2.45, 2.75) is 30.7 Å². The van der Waals surface area contributed by atoms with Crippen molar-refractivity contribution in [2.24, 2.45) is 11.8 Å². The van der Waals surface area contributed by atoms with Crippen molar-refractivity contribution < 1.29 is 19.1 Å². The number of nitrogens with one attached hydrogen (secondary N) is 1. The van der Waals surface area contributed by atoms with Gasteiger partial charge in [-0.05, 0) is 55.0 Å². The molecule has 156 valence electrons. The van der Waals surface area contributed by atoms with Gasteiger partial charge < -0.3 is 19.7 Å². The van der Waals surface area contributed by atoms with Crippen LogP contribution in [0, 0.1) is 11.8 Å². The van der Waals surface area contributed by atoms with E-state index in [0.717, 1.165) is 31.0 Å². The molecule has 1 aliphatic heterocycles. The van der Waals surface area contributed by atoms with Gasteiger partial charge in [0.15, 0.2) is 0 Å². The van der Waals surface area contributed by atoms with Crippen LogP contribution in [0.3, 0.4) is 0 Å². The second kappa shape index (κ2) is 7.35. The standard InChI is InChI=1S/C24H26N2O4/c1-29-23(28)25-19-10-16(11-19)22(27)26-14-18-13-24(18,15-26)17-6-5-9-21(12-17)30-20-7-3-2-4-8-20/h2-9,12,16,18-19H,10-11,13-15H2,1H3,(H,25,28). The Hall–Kier alpha value is -3.02. The van der Waals surface area contributed by atoms with Crippen LogP contribution >= 0.6 is 0 Å². The van der Waals surface area contributed by atoms with Crippen molar-refractivity contribution in [3.05, 3.63) is 60.2 Å². The molecule has 2 aromatic carbocycles. The third kappa shape index (κ3) is 3.40. The summed E-state index contributed by atoms with van der Waals surface area (Å²) in [5.41, 5.74) is 1.33. The summed E-state index contributed by atoms with van der Waals surface area (Å²) >= 11 is 0. The van der Waals surface area contributed by atoms with E-state index in [1.807, 2.05) is 47.4 Å². The molecule has 2 unspecified atom stereocenters. The molecule has 2 atom stereocenters. The molecule has 2 saturated carbocycles. The van der Waals surface area contributed by atoms with Crippen molar-refractivity contribution in [1.29, 1.82) is 0 Å². The number of hydrogen-bond acceptors (Lipinski definition) is 4. The molecular formula is C24H26N2O4. The second-order valence-electron chi connectivity index (χ2n) is 8.72. The van der Waals surface area contributed by atoms with Gasteiger partial charge in [-0.1, -0.05) is 30.3 Å². The molecule has 0 aromatic heterocycles. The zero-order chi connectivity index (χ0) is 20.7.